The number of thiazole rings is 1. The summed E-state index contributed by atoms with van der Waals surface area (Å²) in [6.45, 7) is 8.19. The molecule has 0 unspecified atom stereocenters. The van der Waals surface area contributed by atoms with E-state index in [9.17, 15) is 13.2 Å². The zero-order chi connectivity index (χ0) is 28.2. The lowest BCUT2D eigenvalue weighted by atomic mass is 10.2. The van der Waals surface area contributed by atoms with Gasteiger partial charge in [-0.25, -0.2) is 8.42 Å². The number of nitrogens with zero attached hydrogens (tertiary/aromatic N) is 3. The summed E-state index contributed by atoms with van der Waals surface area (Å²) < 4.78 is 41.9. The average molecular weight is 566 g/mol. The van der Waals surface area contributed by atoms with E-state index in [1.807, 2.05) is 60.9 Å². The highest BCUT2D eigenvalue weighted by molar-refractivity contribution is 7.89. The number of fused-ring (bicyclic) bond motifs is 1. The summed E-state index contributed by atoms with van der Waals surface area (Å²) in [6.07, 6.45) is 1.72. The van der Waals surface area contributed by atoms with E-state index in [0.717, 1.165) is 15.8 Å². The maximum Gasteiger partial charge on any atom is 0.279 e. The normalized spacial score (nSPS) is 12.3. The Morgan fingerprint density at radius 1 is 1.05 bits per heavy atom. The summed E-state index contributed by atoms with van der Waals surface area (Å²) >= 11 is 1.34. The number of methoxy groups -OCH3 is 2. The van der Waals surface area contributed by atoms with E-state index >= 15 is 0 Å². The van der Waals surface area contributed by atoms with Gasteiger partial charge in [0.1, 0.15) is 0 Å². The highest BCUT2D eigenvalue weighted by Crippen LogP contribution is 2.33. The van der Waals surface area contributed by atoms with E-state index in [0.29, 0.717) is 22.8 Å². The molecule has 4 aromatic rings. The number of ether oxygens (including phenoxy) is 2. The van der Waals surface area contributed by atoms with Gasteiger partial charge < -0.3 is 14.0 Å². The number of carbonyl (C=O) groups excluding carboxylic acids is 1. The zero-order valence-corrected chi connectivity index (χ0v) is 24.0. The molecular formula is C29H31N3O5S2. The summed E-state index contributed by atoms with van der Waals surface area (Å²) in [5.74, 6) is 0.666. The molecule has 1 amide bonds. The van der Waals surface area contributed by atoms with E-state index in [1.54, 1.807) is 20.3 Å². The van der Waals surface area contributed by atoms with Crippen LogP contribution in [0, 0.1) is 0 Å². The van der Waals surface area contributed by atoms with Crippen LogP contribution in [0.15, 0.2) is 89.3 Å². The van der Waals surface area contributed by atoms with Gasteiger partial charge >= 0.3 is 0 Å². The molecule has 0 aliphatic heterocycles. The number of allylic oxidation sites excluding steroid dienone is 1. The third kappa shape index (κ3) is 5.98. The van der Waals surface area contributed by atoms with Crippen molar-refractivity contribution in [3.05, 3.63) is 95.3 Å². The predicted octanol–water partition coefficient (Wildman–Crippen LogP) is 5.25. The Kier molecular flexibility index (Phi) is 8.69. The van der Waals surface area contributed by atoms with Crippen LogP contribution < -0.4 is 14.3 Å². The fourth-order valence-corrected chi connectivity index (χ4v) is 6.83. The van der Waals surface area contributed by atoms with E-state index in [4.69, 9.17) is 9.47 Å². The Labute approximate surface area is 232 Å². The molecule has 0 fully saturated rings. The second-order valence-corrected chi connectivity index (χ2v) is 11.9. The quantitative estimate of drug-likeness (QED) is 0.245. The number of rotatable bonds is 10. The van der Waals surface area contributed by atoms with Crippen molar-refractivity contribution < 1.29 is 22.7 Å². The van der Waals surface area contributed by atoms with Crippen LogP contribution in [0.5, 0.6) is 11.5 Å². The van der Waals surface area contributed by atoms with Crippen LogP contribution >= 0.6 is 11.3 Å². The lowest BCUT2D eigenvalue weighted by Gasteiger charge is -2.26. The number of amides is 1. The van der Waals surface area contributed by atoms with Gasteiger partial charge in [-0.05, 0) is 43.7 Å². The van der Waals surface area contributed by atoms with Gasteiger partial charge in [0.25, 0.3) is 5.91 Å². The van der Waals surface area contributed by atoms with Gasteiger partial charge in [-0.2, -0.15) is 9.30 Å². The van der Waals surface area contributed by atoms with Gasteiger partial charge in [0.05, 0.1) is 29.3 Å². The Morgan fingerprint density at radius 3 is 2.28 bits per heavy atom. The van der Waals surface area contributed by atoms with Crippen molar-refractivity contribution in [2.24, 2.45) is 4.99 Å². The standard InChI is InChI=1S/C29H31N3O5S2/c1-6-16-31-24-17-25(36-4)26(37-5)18-27(24)38-29(31)30-28(33)22-12-14-23(15-13-22)39(34,35)32(20(2)3)19-21-10-8-7-9-11-21/h6-15,17-18,20H,1,16,19H2,2-5H3. The molecule has 204 valence electrons. The van der Waals surface area contributed by atoms with Crippen LogP contribution in [-0.4, -0.2) is 43.5 Å². The van der Waals surface area contributed by atoms with Crippen molar-refractivity contribution in [2.75, 3.05) is 14.2 Å². The highest BCUT2D eigenvalue weighted by Gasteiger charge is 2.27. The maximum absolute atomic E-state index is 13.5. The number of hydrogen-bond acceptors (Lipinski definition) is 6. The summed E-state index contributed by atoms with van der Waals surface area (Å²) in [4.78, 5) is 18.1. The zero-order valence-electron chi connectivity index (χ0n) is 22.3. The molecule has 1 heterocycles. The van der Waals surface area contributed by atoms with Crippen molar-refractivity contribution in [3.8, 4) is 11.5 Å². The monoisotopic (exact) mass is 565 g/mol. The Morgan fingerprint density at radius 2 is 1.69 bits per heavy atom. The first-order valence-electron chi connectivity index (χ1n) is 12.3. The van der Waals surface area contributed by atoms with Crippen LogP contribution in [0.1, 0.15) is 29.8 Å². The van der Waals surface area contributed by atoms with E-state index in [2.05, 4.69) is 11.6 Å². The van der Waals surface area contributed by atoms with Gasteiger partial charge in [-0.3, -0.25) is 4.79 Å². The lowest BCUT2D eigenvalue weighted by molar-refractivity contribution is 0.0997. The van der Waals surface area contributed by atoms with Crippen LogP contribution in [0.4, 0.5) is 0 Å². The minimum atomic E-state index is -3.79. The topological polar surface area (TPSA) is 90.2 Å². The molecule has 0 N–H and O–H groups in total. The lowest BCUT2D eigenvalue weighted by Crippen LogP contribution is -2.36. The predicted molar refractivity (Wildman–Crippen MR) is 154 cm³/mol. The molecule has 3 aromatic carbocycles. The van der Waals surface area contributed by atoms with Gasteiger partial charge in [-0.1, -0.05) is 47.7 Å². The Hall–Kier alpha value is -3.73. The minimum Gasteiger partial charge on any atom is -0.493 e. The van der Waals surface area contributed by atoms with Crippen LogP contribution in [-0.2, 0) is 23.1 Å². The molecule has 0 atom stereocenters. The molecule has 0 aliphatic carbocycles. The highest BCUT2D eigenvalue weighted by atomic mass is 32.2. The second kappa shape index (κ2) is 12.0. The molecule has 4 rings (SSSR count). The Balaban J connectivity index is 1.67. The SMILES string of the molecule is C=CCn1c(=NC(=O)c2ccc(S(=O)(=O)N(Cc3ccccc3)C(C)C)cc2)sc2cc(OC)c(OC)cc21. The van der Waals surface area contributed by atoms with Gasteiger partial charge in [-0.15, -0.1) is 6.58 Å². The number of hydrogen-bond donors (Lipinski definition) is 0. The minimum absolute atomic E-state index is 0.117. The molecule has 39 heavy (non-hydrogen) atoms. The number of carbonyl (C=O) groups is 1. The third-order valence-electron chi connectivity index (χ3n) is 6.16. The smallest absolute Gasteiger partial charge is 0.279 e. The molecule has 0 saturated carbocycles. The summed E-state index contributed by atoms with van der Waals surface area (Å²) in [5.41, 5.74) is 2.01. The maximum atomic E-state index is 13.5. The summed E-state index contributed by atoms with van der Waals surface area (Å²) in [5, 5.41) is 0. The van der Waals surface area contributed by atoms with Crippen molar-refractivity contribution >= 4 is 37.5 Å². The molecule has 10 heteroatoms. The van der Waals surface area contributed by atoms with Crippen molar-refractivity contribution in [3.63, 3.8) is 0 Å². The fraction of sp³-hybridized carbons (Fsp3) is 0.241. The average Bonchev–Trinajstić information content (AvgIpc) is 3.26. The molecule has 8 nitrogen and oxygen atoms in total. The van der Waals surface area contributed by atoms with Crippen molar-refractivity contribution in [2.45, 2.75) is 37.9 Å². The van der Waals surface area contributed by atoms with Crippen LogP contribution in [0.2, 0.25) is 0 Å². The Bertz CT molecular complexity index is 1660. The molecule has 0 radical (unpaired) electrons. The molecule has 0 bridgehead atoms. The third-order valence-corrected chi connectivity index (χ3v) is 9.24. The van der Waals surface area contributed by atoms with Gasteiger partial charge in [0.2, 0.25) is 10.0 Å². The summed E-state index contributed by atoms with van der Waals surface area (Å²) in [7, 11) is -0.661. The first kappa shape index (κ1) is 28.3. The molecule has 0 saturated heterocycles. The van der Waals surface area contributed by atoms with E-state index in [-0.39, 0.29) is 23.0 Å². The van der Waals surface area contributed by atoms with Crippen molar-refractivity contribution in [1.82, 2.24) is 8.87 Å². The van der Waals surface area contributed by atoms with Crippen molar-refractivity contribution in [1.29, 1.82) is 0 Å². The second-order valence-electron chi connectivity index (χ2n) is 9.03. The van der Waals surface area contributed by atoms with Crippen LogP contribution in [0.25, 0.3) is 10.2 Å². The summed E-state index contributed by atoms with van der Waals surface area (Å²) in [6, 6.07) is 18.8. The first-order chi connectivity index (χ1) is 18.7. The van der Waals surface area contributed by atoms with Crippen LogP contribution in [0.3, 0.4) is 0 Å². The number of aromatic nitrogens is 1. The van der Waals surface area contributed by atoms with E-state index < -0.39 is 15.9 Å². The van der Waals surface area contributed by atoms with E-state index in [1.165, 1.54) is 39.9 Å². The van der Waals surface area contributed by atoms with Gasteiger partial charge in [0.15, 0.2) is 16.3 Å². The first-order valence-corrected chi connectivity index (χ1v) is 14.6. The molecule has 1 aromatic heterocycles. The number of sulfonamides is 1. The fourth-order valence-electron chi connectivity index (χ4n) is 4.15. The molecule has 0 spiro atoms. The molecule has 0 aliphatic rings. The largest absolute Gasteiger partial charge is 0.493 e. The van der Waals surface area contributed by atoms with Gasteiger partial charge in [0, 0.05) is 36.8 Å². The molecular weight excluding hydrogens is 534 g/mol. The number of benzene rings is 3.